The molecule has 0 radical (unpaired) electrons. The lowest BCUT2D eigenvalue weighted by Gasteiger charge is -2.34. The van der Waals surface area contributed by atoms with E-state index in [-0.39, 0.29) is 23.4 Å². The van der Waals surface area contributed by atoms with Crippen molar-refractivity contribution in [1.29, 1.82) is 0 Å². The first kappa shape index (κ1) is 28.2. The normalized spacial score (nSPS) is 17.7. The van der Waals surface area contributed by atoms with Gasteiger partial charge in [0.2, 0.25) is 0 Å². The van der Waals surface area contributed by atoms with E-state index in [4.69, 9.17) is 9.47 Å². The molecule has 11 nitrogen and oxygen atoms in total. The van der Waals surface area contributed by atoms with Gasteiger partial charge in [-0.2, -0.15) is 0 Å². The number of benzene rings is 2. The summed E-state index contributed by atoms with van der Waals surface area (Å²) in [6.07, 6.45) is 1.69. The van der Waals surface area contributed by atoms with Crippen molar-refractivity contribution >= 4 is 34.8 Å². The maximum Gasteiger partial charge on any atom is 0.338 e. The van der Waals surface area contributed by atoms with Crippen LogP contribution in [0.2, 0.25) is 0 Å². The molecule has 5 rings (SSSR count). The van der Waals surface area contributed by atoms with Crippen LogP contribution in [-0.2, 0) is 9.53 Å². The molecule has 0 saturated carbocycles. The minimum absolute atomic E-state index is 0.0570. The number of allylic oxidation sites excluding steroid dienone is 1. The van der Waals surface area contributed by atoms with Crippen molar-refractivity contribution in [2.45, 2.75) is 19.9 Å². The van der Waals surface area contributed by atoms with Crippen LogP contribution in [0.15, 0.2) is 63.5 Å². The second-order valence-electron chi connectivity index (χ2n) is 9.87. The molecule has 12 heteroatoms. The number of anilines is 1. The van der Waals surface area contributed by atoms with E-state index in [1.807, 2.05) is 12.1 Å². The minimum atomic E-state index is -0.763. The molecule has 2 aliphatic rings. The quantitative estimate of drug-likeness (QED) is 0.239. The number of hydrogen-bond donors (Lipinski definition) is 0. The maximum absolute atomic E-state index is 14.0. The van der Waals surface area contributed by atoms with Gasteiger partial charge in [-0.3, -0.25) is 19.5 Å². The van der Waals surface area contributed by atoms with Crippen molar-refractivity contribution < 1.29 is 19.2 Å². The van der Waals surface area contributed by atoms with Crippen LogP contribution < -0.4 is 24.5 Å². The van der Waals surface area contributed by atoms with Gasteiger partial charge in [-0.05, 0) is 50.7 Å². The molecule has 0 N–H and O–H groups in total. The standard InChI is InChI=1S/C29H31N5O6S/c1-5-40-28(36)25-18(2)30-29-33(26(25)19-6-9-22(39-4)10-7-19)27(35)24(41-29)17-20-16-21(34(37)38)8-11-23(20)32-14-12-31(3)13-15-32/h6-11,16-17,26H,5,12-15H2,1-4H3/b24-17+/t26-/m0/s1. The van der Waals surface area contributed by atoms with Gasteiger partial charge in [0.25, 0.3) is 11.2 Å². The monoisotopic (exact) mass is 577 g/mol. The van der Waals surface area contributed by atoms with E-state index in [0.29, 0.717) is 31.9 Å². The number of fused-ring (bicyclic) bond motifs is 1. The van der Waals surface area contributed by atoms with E-state index >= 15 is 0 Å². The number of nitro groups is 1. The highest BCUT2D eigenvalue weighted by atomic mass is 32.1. The molecular weight excluding hydrogens is 546 g/mol. The summed E-state index contributed by atoms with van der Waals surface area (Å²) in [6, 6.07) is 11.1. The molecule has 0 aliphatic carbocycles. The van der Waals surface area contributed by atoms with E-state index < -0.39 is 16.9 Å². The van der Waals surface area contributed by atoms with Crippen LogP contribution in [0.5, 0.6) is 5.75 Å². The fraction of sp³-hybridized carbons (Fsp3) is 0.345. The Bertz CT molecular complexity index is 1700. The Labute approximate surface area is 240 Å². The second-order valence-corrected chi connectivity index (χ2v) is 10.9. The summed E-state index contributed by atoms with van der Waals surface area (Å²) >= 11 is 1.18. The Kier molecular flexibility index (Phi) is 8.04. The van der Waals surface area contributed by atoms with Gasteiger partial charge in [0.1, 0.15) is 5.75 Å². The molecule has 1 fully saturated rings. The van der Waals surface area contributed by atoms with Gasteiger partial charge in [0.05, 0.1) is 40.5 Å². The van der Waals surface area contributed by atoms with Gasteiger partial charge < -0.3 is 19.3 Å². The SMILES string of the molecule is CCOC(=O)C1=C(C)N=c2s/c(=C/c3cc([N+](=O)[O-])ccc3N3CCN(C)CC3)c(=O)n2[C@H]1c1ccc(OC)cc1. The zero-order valence-electron chi connectivity index (χ0n) is 23.3. The molecule has 2 aromatic carbocycles. The Hall–Kier alpha value is -4.29. The number of esters is 1. The average molecular weight is 578 g/mol. The number of piperazine rings is 1. The van der Waals surface area contributed by atoms with E-state index in [1.54, 1.807) is 45.2 Å². The molecular formula is C29H31N5O6S. The van der Waals surface area contributed by atoms with Gasteiger partial charge in [0, 0.05) is 49.6 Å². The fourth-order valence-electron chi connectivity index (χ4n) is 5.14. The van der Waals surface area contributed by atoms with E-state index in [1.165, 1.54) is 28.0 Å². The highest BCUT2D eigenvalue weighted by molar-refractivity contribution is 7.07. The first-order valence-electron chi connectivity index (χ1n) is 13.3. The van der Waals surface area contributed by atoms with Crippen LogP contribution >= 0.6 is 11.3 Å². The summed E-state index contributed by atoms with van der Waals surface area (Å²) in [6.45, 7) is 6.87. The van der Waals surface area contributed by atoms with Crippen LogP contribution in [0.1, 0.15) is 31.0 Å². The van der Waals surface area contributed by atoms with Crippen LogP contribution in [0, 0.1) is 10.1 Å². The predicted octanol–water partition coefficient (Wildman–Crippen LogP) is 2.47. The van der Waals surface area contributed by atoms with Crippen molar-refractivity contribution in [2.75, 3.05) is 51.8 Å². The van der Waals surface area contributed by atoms with Gasteiger partial charge in [-0.15, -0.1) is 0 Å². The van der Waals surface area contributed by atoms with Gasteiger partial charge in [-0.25, -0.2) is 9.79 Å². The summed E-state index contributed by atoms with van der Waals surface area (Å²) in [5.41, 5.74) is 2.44. The Morgan fingerprint density at radius 2 is 1.88 bits per heavy atom. The number of carbonyl (C=O) groups is 1. The topological polar surface area (TPSA) is 120 Å². The third kappa shape index (κ3) is 5.52. The van der Waals surface area contributed by atoms with E-state index in [2.05, 4.69) is 21.8 Å². The molecule has 41 heavy (non-hydrogen) atoms. The summed E-state index contributed by atoms with van der Waals surface area (Å²) in [7, 11) is 3.62. The van der Waals surface area contributed by atoms with Gasteiger partial charge in [-0.1, -0.05) is 23.5 Å². The van der Waals surface area contributed by atoms with E-state index in [9.17, 15) is 19.7 Å². The van der Waals surface area contributed by atoms with E-state index in [0.717, 1.165) is 31.9 Å². The number of non-ortho nitro benzene ring substituents is 1. The lowest BCUT2D eigenvalue weighted by Crippen LogP contribution is -2.44. The number of methoxy groups -OCH3 is 1. The molecule has 0 bridgehead atoms. The fourth-order valence-corrected chi connectivity index (χ4v) is 6.18. The summed E-state index contributed by atoms with van der Waals surface area (Å²) in [4.78, 5) is 47.8. The first-order chi connectivity index (χ1) is 19.7. The Morgan fingerprint density at radius 3 is 2.51 bits per heavy atom. The number of rotatable bonds is 7. The molecule has 0 unspecified atom stereocenters. The number of hydrogen-bond acceptors (Lipinski definition) is 10. The minimum Gasteiger partial charge on any atom is -0.497 e. The second kappa shape index (κ2) is 11.7. The maximum atomic E-state index is 14.0. The smallest absolute Gasteiger partial charge is 0.338 e. The third-order valence-electron chi connectivity index (χ3n) is 7.30. The van der Waals surface area contributed by atoms with Crippen LogP contribution in [0.25, 0.3) is 6.08 Å². The van der Waals surface area contributed by atoms with Crippen LogP contribution in [0.3, 0.4) is 0 Å². The lowest BCUT2D eigenvalue weighted by atomic mass is 9.96. The number of carbonyl (C=O) groups excluding carboxylic acids is 1. The molecule has 3 aromatic rings. The van der Waals surface area contributed by atoms with Crippen LogP contribution in [-0.4, -0.2) is 67.3 Å². The summed E-state index contributed by atoms with van der Waals surface area (Å²) < 4.78 is 12.5. The van der Waals surface area contributed by atoms with Gasteiger partial charge >= 0.3 is 5.97 Å². The third-order valence-corrected chi connectivity index (χ3v) is 8.28. The van der Waals surface area contributed by atoms with Crippen molar-refractivity contribution in [2.24, 2.45) is 4.99 Å². The summed E-state index contributed by atoms with van der Waals surface area (Å²) in [5.74, 6) is 0.0986. The molecule has 0 amide bonds. The zero-order valence-corrected chi connectivity index (χ0v) is 24.1. The molecule has 214 valence electrons. The van der Waals surface area contributed by atoms with Gasteiger partial charge in [0.15, 0.2) is 4.80 Å². The molecule has 0 spiro atoms. The number of nitrogens with zero attached hydrogens (tertiary/aromatic N) is 5. The number of ether oxygens (including phenoxy) is 2. The van der Waals surface area contributed by atoms with Crippen molar-refractivity contribution in [3.05, 3.63) is 94.7 Å². The molecule has 1 atom stereocenters. The highest BCUT2D eigenvalue weighted by Crippen LogP contribution is 2.32. The number of thiazole rings is 1. The highest BCUT2D eigenvalue weighted by Gasteiger charge is 2.33. The number of aromatic nitrogens is 1. The number of likely N-dealkylation sites (N-methyl/N-ethyl adjacent to an activating group) is 1. The molecule has 3 heterocycles. The van der Waals surface area contributed by atoms with Crippen molar-refractivity contribution in [1.82, 2.24) is 9.47 Å². The lowest BCUT2D eigenvalue weighted by molar-refractivity contribution is -0.384. The Balaban J connectivity index is 1.69. The average Bonchev–Trinajstić information content (AvgIpc) is 3.26. The van der Waals surface area contributed by atoms with Crippen molar-refractivity contribution in [3.8, 4) is 5.75 Å². The molecule has 1 aromatic heterocycles. The van der Waals surface area contributed by atoms with Crippen molar-refractivity contribution in [3.63, 3.8) is 0 Å². The van der Waals surface area contributed by atoms with Crippen LogP contribution in [0.4, 0.5) is 11.4 Å². The zero-order chi connectivity index (χ0) is 29.3. The Morgan fingerprint density at radius 1 is 1.17 bits per heavy atom. The predicted molar refractivity (Wildman–Crippen MR) is 156 cm³/mol. The molecule has 1 saturated heterocycles. The number of nitro benzene ring substituents is 1. The largest absolute Gasteiger partial charge is 0.497 e. The molecule has 2 aliphatic heterocycles. The first-order valence-corrected chi connectivity index (χ1v) is 14.1. The summed E-state index contributed by atoms with van der Waals surface area (Å²) in [5, 5.41) is 11.6.